The molecule has 0 radical (unpaired) electrons. The van der Waals surface area contributed by atoms with Crippen LogP contribution in [0.3, 0.4) is 0 Å². The normalized spacial score (nSPS) is 12.2. The SMILES string of the molecule is CCCCc1nc(Cl)c(C(=O)N[C@@H](CO)C(=O)O)n1C. The Morgan fingerprint density at radius 1 is 1.50 bits per heavy atom. The molecule has 1 heterocycles. The number of aliphatic carboxylic acids is 1. The predicted molar refractivity (Wildman–Crippen MR) is 72.8 cm³/mol. The molecule has 3 N–H and O–H groups in total. The highest BCUT2D eigenvalue weighted by atomic mass is 35.5. The van der Waals surface area contributed by atoms with E-state index in [0.29, 0.717) is 12.2 Å². The summed E-state index contributed by atoms with van der Waals surface area (Å²) in [5.74, 6) is -1.32. The van der Waals surface area contributed by atoms with Crippen LogP contribution in [0.4, 0.5) is 0 Å². The first-order chi connectivity index (χ1) is 9.42. The summed E-state index contributed by atoms with van der Waals surface area (Å²) < 4.78 is 1.55. The number of carbonyl (C=O) groups is 2. The number of imidazole rings is 1. The highest BCUT2D eigenvalue weighted by Gasteiger charge is 2.24. The first-order valence-corrected chi connectivity index (χ1v) is 6.65. The second-order valence-corrected chi connectivity index (χ2v) is 4.73. The zero-order chi connectivity index (χ0) is 15.3. The number of nitrogens with zero attached hydrogens (tertiary/aromatic N) is 2. The van der Waals surface area contributed by atoms with Gasteiger partial charge in [0.15, 0.2) is 11.2 Å². The van der Waals surface area contributed by atoms with Crippen LogP contribution in [0.5, 0.6) is 0 Å². The standard InChI is InChI=1S/C12H18ClN3O4/c1-3-4-5-8-15-10(13)9(16(8)2)11(18)14-7(6-17)12(19)20/h7,17H,3-6H2,1-2H3,(H,14,18)(H,19,20)/t7-/m0/s1. The number of hydrogen-bond acceptors (Lipinski definition) is 4. The first kappa shape index (κ1) is 16.5. The van der Waals surface area contributed by atoms with Crippen molar-refractivity contribution in [3.8, 4) is 0 Å². The Morgan fingerprint density at radius 3 is 2.65 bits per heavy atom. The van der Waals surface area contributed by atoms with Gasteiger partial charge in [-0.15, -0.1) is 0 Å². The van der Waals surface area contributed by atoms with Crippen LogP contribution in [-0.2, 0) is 18.3 Å². The van der Waals surface area contributed by atoms with Crippen LogP contribution >= 0.6 is 11.6 Å². The van der Waals surface area contributed by atoms with Gasteiger partial charge in [0.25, 0.3) is 5.91 Å². The number of aromatic nitrogens is 2. The van der Waals surface area contributed by atoms with Gasteiger partial charge in [0.2, 0.25) is 0 Å². The molecule has 1 aromatic heterocycles. The summed E-state index contributed by atoms with van der Waals surface area (Å²) in [4.78, 5) is 26.9. The summed E-state index contributed by atoms with van der Waals surface area (Å²) in [5.41, 5.74) is 0.0949. The lowest BCUT2D eigenvalue weighted by molar-refractivity contribution is -0.140. The summed E-state index contributed by atoms with van der Waals surface area (Å²) >= 11 is 5.93. The van der Waals surface area contributed by atoms with E-state index < -0.39 is 24.5 Å². The van der Waals surface area contributed by atoms with Crippen LogP contribution in [0.2, 0.25) is 5.15 Å². The number of unbranched alkanes of at least 4 members (excludes halogenated alkanes) is 1. The van der Waals surface area contributed by atoms with E-state index in [0.717, 1.165) is 12.8 Å². The Balaban J connectivity index is 2.93. The molecule has 0 unspecified atom stereocenters. The molecule has 0 aliphatic rings. The molecule has 0 bridgehead atoms. The van der Waals surface area contributed by atoms with E-state index in [2.05, 4.69) is 10.3 Å². The number of aliphatic hydroxyl groups is 1. The molecule has 7 nitrogen and oxygen atoms in total. The Bertz CT molecular complexity index is 501. The van der Waals surface area contributed by atoms with Gasteiger partial charge in [-0.05, 0) is 6.42 Å². The second kappa shape index (κ2) is 7.25. The van der Waals surface area contributed by atoms with Crippen LogP contribution in [0, 0.1) is 0 Å². The molecule has 20 heavy (non-hydrogen) atoms. The molecule has 1 atom stereocenters. The van der Waals surface area contributed by atoms with Crippen LogP contribution in [0.15, 0.2) is 0 Å². The number of carbonyl (C=O) groups excluding carboxylic acids is 1. The fraction of sp³-hybridized carbons (Fsp3) is 0.583. The topological polar surface area (TPSA) is 104 Å². The van der Waals surface area contributed by atoms with E-state index in [9.17, 15) is 9.59 Å². The highest BCUT2D eigenvalue weighted by Crippen LogP contribution is 2.17. The van der Waals surface area contributed by atoms with Crippen molar-refractivity contribution < 1.29 is 19.8 Å². The minimum Gasteiger partial charge on any atom is -0.480 e. The zero-order valence-corrected chi connectivity index (χ0v) is 12.1. The smallest absolute Gasteiger partial charge is 0.328 e. The number of carboxylic acids is 1. The third-order valence-corrected chi connectivity index (χ3v) is 3.16. The summed E-state index contributed by atoms with van der Waals surface area (Å²) in [7, 11) is 1.65. The summed E-state index contributed by atoms with van der Waals surface area (Å²) in [6, 6.07) is -1.37. The summed E-state index contributed by atoms with van der Waals surface area (Å²) in [6.07, 6.45) is 2.58. The van der Waals surface area contributed by atoms with Gasteiger partial charge >= 0.3 is 5.97 Å². The molecular formula is C12H18ClN3O4. The van der Waals surface area contributed by atoms with Gasteiger partial charge in [-0.25, -0.2) is 9.78 Å². The number of aryl methyl sites for hydroxylation is 1. The molecule has 1 rings (SSSR count). The first-order valence-electron chi connectivity index (χ1n) is 6.27. The van der Waals surface area contributed by atoms with Crippen LogP contribution < -0.4 is 5.32 Å². The molecule has 0 aromatic carbocycles. The van der Waals surface area contributed by atoms with E-state index in [1.54, 1.807) is 11.6 Å². The van der Waals surface area contributed by atoms with Crippen molar-refractivity contribution in [1.82, 2.24) is 14.9 Å². The maximum atomic E-state index is 12.0. The molecule has 1 amide bonds. The molecular weight excluding hydrogens is 286 g/mol. The number of carboxylic acid groups (broad SMARTS) is 1. The van der Waals surface area contributed by atoms with Gasteiger partial charge < -0.3 is 20.1 Å². The Labute approximate surface area is 121 Å². The van der Waals surface area contributed by atoms with E-state index in [4.69, 9.17) is 21.8 Å². The van der Waals surface area contributed by atoms with E-state index in [-0.39, 0.29) is 10.8 Å². The Morgan fingerprint density at radius 2 is 2.15 bits per heavy atom. The maximum absolute atomic E-state index is 12.0. The largest absolute Gasteiger partial charge is 0.480 e. The second-order valence-electron chi connectivity index (χ2n) is 4.38. The summed E-state index contributed by atoms with van der Waals surface area (Å²) in [5, 5.41) is 19.9. The predicted octanol–water partition coefficient (Wildman–Crippen LogP) is 0.591. The minimum atomic E-state index is -1.37. The van der Waals surface area contributed by atoms with Crippen molar-refractivity contribution in [3.63, 3.8) is 0 Å². The maximum Gasteiger partial charge on any atom is 0.328 e. The zero-order valence-electron chi connectivity index (χ0n) is 11.4. The molecule has 0 aliphatic heterocycles. The van der Waals surface area contributed by atoms with Crippen molar-refractivity contribution in [1.29, 1.82) is 0 Å². The average Bonchev–Trinajstić information content (AvgIpc) is 2.67. The third-order valence-electron chi connectivity index (χ3n) is 2.90. The number of rotatable bonds is 7. The molecule has 0 saturated carbocycles. The molecule has 1 aromatic rings. The lowest BCUT2D eigenvalue weighted by atomic mass is 10.2. The van der Waals surface area contributed by atoms with Crippen LogP contribution in [0.25, 0.3) is 0 Å². The van der Waals surface area contributed by atoms with Crippen LogP contribution in [-0.4, -0.2) is 44.3 Å². The van der Waals surface area contributed by atoms with Gasteiger partial charge in [0.1, 0.15) is 11.5 Å². The van der Waals surface area contributed by atoms with E-state index >= 15 is 0 Å². The lowest BCUT2D eigenvalue weighted by Gasteiger charge is -2.12. The fourth-order valence-corrected chi connectivity index (χ4v) is 2.04. The summed E-state index contributed by atoms with van der Waals surface area (Å²) in [6.45, 7) is 1.34. The van der Waals surface area contributed by atoms with Crippen molar-refractivity contribution in [2.45, 2.75) is 32.2 Å². The Kier molecular flexibility index (Phi) is 5.97. The highest BCUT2D eigenvalue weighted by molar-refractivity contribution is 6.32. The monoisotopic (exact) mass is 303 g/mol. The molecule has 0 spiro atoms. The van der Waals surface area contributed by atoms with Crippen LogP contribution in [0.1, 0.15) is 36.1 Å². The average molecular weight is 304 g/mol. The molecule has 0 fully saturated rings. The third kappa shape index (κ3) is 3.71. The van der Waals surface area contributed by atoms with Crippen molar-refractivity contribution >= 4 is 23.5 Å². The quantitative estimate of drug-likeness (QED) is 0.684. The van der Waals surface area contributed by atoms with E-state index in [1.165, 1.54) is 0 Å². The number of aliphatic hydroxyl groups excluding tert-OH is 1. The molecule has 112 valence electrons. The van der Waals surface area contributed by atoms with Crippen molar-refractivity contribution in [2.24, 2.45) is 7.05 Å². The van der Waals surface area contributed by atoms with Crippen molar-refractivity contribution in [2.75, 3.05) is 6.61 Å². The minimum absolute atomic E-state index is 0.0261. The van der Waals surface area contributed by atoms with E-state index in [1.807, 2.05) is 6.92 Å². The van der Waals surface area contributed by atoms with Crippen molar-refractivity contribution in [3.05, 3.63) is 16.7 Å². The number of amides is 1. The number of hydrogen-bond donors (Lipinski definition) is 3. The molecule has 0 aliphatic carbocycles. The van der Waals surface area contributed by atoms with Gasteiger partial charge in [0.05, 0.1) is 6.61 Å². The molecule has 0 saturated heterocycles. The van der Waals surface area contributed by atoms with Gasteiger partial charge in [-0.3, -0.25) is 4.79 Å². The van der Waals surface area contributed by atoms with Gasteiger partial charge in [-0.1, -0.05) is 24.9 Å². The van der Waals surface area contributed by atoms with Gasteiger partial charge in [-0.2, -0.15) is 0 Å². The molecule has 8 heteroatoms. The number of nitrogens with one attached hydrogen (secondary N) is 1. The Hall–Kier alpha value is -1.60. The number of halogens is 1. The fourth-order valence-electron chi connectivity index (χ4n) is 1.73. The lowest BCUT2D eigenvalue weighted by Crippen LogP contribution is -2.43. The van der Waals surface area contributed by atoms with Gasteiger partial charge in [0, 0.05) is 13.5 Å².